The number of ether oxygens (including phenoxy) is 1. The van der Waals surface area contributed by atoms with Gasteiger partial charge >= 0.3 is 6.03 Å². The van der Waals surface area contributed by atoms with Crippen LogP contribution in [0.4, 0.5) is 4.79 Å². The van der Waals surface area contributed by atoms with E-state index in [0.717, 1.165) is 16.8 Å². The molecule has 262 valence electrons. The summed E-state index contributed by atoms with van der Waals surface area (Å²) >= 11 is 12.8. The Morgan fingerprint density at radius 1 is 0.959 bits per heavy atom. The van der Waals surface area contributed by atoms with E-state index in [1.54, 1.807) is 11.1 Å². The minimum Gasteiger partial charge on any atom is -0.493 e. The van der Waals surface area contributed by atoms with Crippen LogP contribution in [-0.4, -0.2) is 95.0 Å². The van der Waals surface area contributed by atoms with Crippen LogP contribution in [0, 0.1) is 0 Å². The second kappa shape index (κ2) is 14.6. The summed E-state index contributed by atoms with van der Waals surface area (Å²) in [6, 6.07) is 16.9. The molecule has 12 heteroatoms. The second-order valence-electron chi connectivity index (χ2n) is 13.8. The van der Waals surface area contributed by atoms with Gasteiger partial charge in [-0.3, -0.25) is 24.6 Å². The van der Waals surface area contributed by atoms with Crippen molar-refractivity contribution in [2.75, 3.05) is 52.5 Å². The highest BCUT2D eigenvalue weighted by Crippen LogP contribution is 2.54. The van der Waals surface area contributed by atoms with Crippen LogP contribution in [0.15, 0.2) is 65.8 Å². The lowest BCUT2D eigenvalue weighted by molar-refractivity contribution is -0.122. The van der Waals surface area contributed by atoms with Crippen molar-refractivity contribution >= 4 is 41.0 Å². The lowest BCUT2D eigenvalue weighted by atomic mass is 9.71. The number of rotatable bonds is 9. The van der Waals surface area contributed by atoms with E-state index in [0.29, 0.717) is 60.0 Å². The number of pyridine rings is 1. The number of piperazine rings is 1. The van der Waals surface area contributed by atoms with Gasteiger partial charge in [0.1, 0.15) is 22.7 Å². The maximum absolute atomic E-state index is 15.1. The molecular formula is C37H46Cl2N6O4. The first-order valence-corrected chi connectivity index (χ1v) is 17.4. The first-order valence-electron chi connectivity index (χ1n) is 16.7. The summed E-state index contributed by atoms with van der Waals surface area (Å²) in [7, 11) is 0. The number of urea groups is 1. The topological polar surface area (TPSA) is 111 Å². The predicted molar refractivity (Wildman–Crippen MR) is 194 cm³/mol. The van der Waals surface area contributed by atoms with Crippen LogP contribution in [0.5, 0.6) is 5.75 Å². The van der Waals surface area contributed by atoms with Gasteiger partial charge in [-0.25, -0.2) is 4.79 Å². The average molecular weight is 710 g/mol. The van der Waals surface area contributed by atoms with E-state index in [9.17, 15) is 4.79 Å². The van der Waals surface area contributed by atoms with Gasteiger partial charge < -0.3 is 20.1 Å². The number of halogens is 2. The standard InChI is InChI=1S/C37H46Cl2N6O4/c1-7-49-30-22-31(35(2,3)4)41-23-29(30)33-42-36(5,25-8-12-27(38)13-9-25)37(6,26-10-14-28(39)15-11-26)45(33)34(48)44-19-17-43(18-20-44)24-32(47)40-16-21-46/h8-15,22-23,46H,7,16-21,24H2,1-6H3,(H,40,47)/t36-,37+/m0/s1. The van der Waals surface area contributed by atoms with E-state index in [1.165, 1.54) is 0 Å². The first-order chi connectivity index (χ1) is 23.2. The number of nitrogens with zero attached hydrogens (tertiary/aromatic N) is 5. The van der Waals surface area contributed by atoms with Crippen molar-refractivity contribution in [3.63, 3.8) is 0 Å². The Bertz CT molecular complexity index is 1690. The molecule has 3 amide bonds. The highest BCUT2D eigenvalue weighted by Gasteiger charge is 2.60. The molecule has 2 N–H and O–H groups in total. The zero-order valence-electron chi connectivity index (χ0n) is 29.1. The number of amides is 3. The summed E-state index contributed by atoms with van der Waals surface area (Å²) in [5.41, 5.74) is 0.912. The van der Waals surface area contributed by atoms with E-state index < -0.39 is 11.1 Å². The quantitative estimate of drug-likeness (QED) is 0.290. The summed E-state index contributed by atoms with van der Waals surface area (Å²) in [5.74, 6) is 0.880. The number of carbonyl (C=O) groups is 2. The van der Waals surface area contributed by atoms with Gasteiger partial charge in [-0.05, 0) is 56.2 Å². The number of nitrogens with one attached hydrogen (secondary N) is 1. The van der Waals surface area contributed by atoms with Crippen LogP contribution in [0.1, 0.15) is 63.9 Å². The molecule has 1 saturated heterocycles. The van der Waals surface area contributed by atoms with Crippen LogP contribution >= 0.6 is 23.2 Å². The van der Waals surface area contributed by atoms with E-state index >= 15 is 4.79 Å². The molecule has 0 aliphatic carbocycles. The average Bonchev–Trinajstić information content (AvgIpc) is 3.31. The van der Waals surface area contributed by atoms with E-state index in [1.807, 2.05) is 85.2 Å². The van der Waals surface area contributed by atoms with Crippen LogP contribution in [0.25, 0.3) is 0 Å². The maximum Gasteiger partial charge on any atom is 0.326 e. The molecule has 5 rings (SSSR count). The number of aliphatic hydroxyl groups is 1. The summed E-state index contributed by atoms with van der Waals surface area (Å²) < 4.78 is 6.25. The van der Waals surface area contributed by atoms with Crippen molar-refractivity contribution in [1.29, 1.82) is 0 Å². The molecule has 10 nitrogen and oxygen atoms in total. The van der Waals surface area contributed by atoms with Crippen molar-refractivity contribution in [3.05, 3.63) is 93.2 Å². The minimum absolute atomic E-state index is 0.117. The van der Waals surface area contributed by atoms with Gasteiger partial charge in [-0.1, -0.05) is 68.2 Å². The third kappa shape index (κ3) is 7.29. The lowest BCUT2D eigenvalue weighted by Crippen LogP contribution is -2.61. The number of aliphatic hydroxyl groups excluding tert-OH is 1. The molecule has 2 aliphatic heterocycles. The Kier molecular flexibility index (Phi) is 10.9. The number of hydrogen-bond donors (Lipinski definition) is 2. The van der Waals surface area contributed by atoms with Gasteiger partial charge in [0.25, 0.3) is 0 Å². The molecule has 49 heavy (non-hydrogen) atoms. The molecule has 0 radical (unpaired) electrons. The molecule has 0 unspecified atom stereocenters. The summed E-state index contributed by atoms with van der Waals surface area (Å²) in [4.78, 5) is 43.4. The summed E-state index contributed by atoms with van der Waals surface area (Å²) in [6.07, 6.45) is 1.77. The zero-order chi connectivity index (χ0) is 35.6. The fourth-order valence-electron chi connectivity index (χ4n) is 6.55. The molecule has 3 aromatic rings. The zero-order valence-corrected chi connectivity index (χ0v) is 30.6. The van der Waals surface area contributed by atoms with Crippen molar-refractivity contribution in [3.8, 4) is 5.75 Å². The molecule has 1 aromatic heterocycles. The van der Waals surface area contributed by atoms with Gasteiger partial charge in [-0.2, -0.15) is 0 Å². The van der Waals surface area contributed by atoms with Crippen molar-refractivity contribution in [2.24, 2.45) is 4.99 Å². The molecule has 3 heterocycles. The largest absolute Gasteiger partial charge is 0.493 e. The predicted octanol–water partition coefficient (Wildman–Crippen LogP) is 5.82. The Balaban J connectivity index is 1.65. The molecule has 2 aromatic carbocycles. The van der Waals surface area contributed by atoms with Crippen molar-refractivity contribution in [1.82, 2.24) is 25.0 Å². The van der Waals surface area contributed by atoms with E-state index in [-0.39, 0.29) is 37.0 Å². The van der Waals surface area contributed by atoms with Gasteiger partial charge in [0, 0.05) is 66.1 Å². The van der Waals surface area contributed by atoms with Crippen LogP contribution in [0.3, 0.4) is 0 Å². The van der Waals surface area contributed by atoms with Crippen LogP contribution in [0.2, 0.25) is 10.0 Å². The van der Waals surface area contributed by atoms with Gasteiger partial charge in [0.05, 0.1) is 25.3 Å². The number of amidine groups is 1. The summed E-state index contributed by atoms with van der Waals surface area (Å²) in [6.45, 7) is 14.8. The molecule has 1 fully saturated rings. The molecule has 0 spiro atoms. The number of aliphatic imine (C=N–C) groups is 1. The van der Waals surface area contributed by atoms with Gasteiger partial charge in [0.2, 0.25) is 5.91 Å². The Hall–Kier alpha value is -3.70. The van der Waals surface area contributed by atoms with Gasteiger partial charge in [0.15, 0.2) is 0 Å². The normalized spacial score (nSPS) is 21.4. The van der Waals surface area contributed by atoms with E-state index in [4.69, 9.17) is 43.0 Å². The second-order valence-corrected chi connectivity index (χ2v) is 14.7. The monoisotopic (exact) mass is 708 g/mol. The Morgan fingerprint density at radius 2 is 1.55 bits per heavy atom. The van der Waals surface area contributed by atoms with Crippen LogP contribution in [-0.2, 0) is 21.3 Å². The first kappa shape index (κ1) is 36.6. The third-order valence-corrected chi connectivity index (χ3v) is 10.1. The number of hydrogen-bond acceptors (Lipinski definition) is 7. The SMILES string of the molecule is CCOc1cc(C(C)(C)C)ncc1C1=N[C@@](C)(c2ccc(Cl)cc2)[C@@](C)(c2ccc(Cl)cc2)N1C(=O)N1CCN(CC(=O)NCCO)CC1. The number of benzene rings is 2. The molecule has 2 aliphatic rings. The van der Waals surface area contributed by atoms with Crippen molar-refractivity contribution < 1.29 is 19.4 Å². The minimum atomic E-state index is -1.05. The molecule has 2 atom stereocenters. The van der Waals surface area contributed by atoms with Crippen LogP contribution < -0.4 is 10.1 Å². The fraction of sp³-hybridized carbons (Fsp3) is 0.459. The highest BCUT2D eigenvalue weighted by molar-refractivity contribution is 6.30. The Morgan fingerprint density at radius 3 is 2.10 bits per heavy atom. The molecule has 0 bridgehead atoms. The smallest absolute Gasteiger partial charge is 0.326 e. The lowest BCUT2D eigenvalue weighted by Gasteiger charge is -2.47. The van der Waals surface area contributed by atoms with Crippen molar-refractivity contribution in [2.45, 2.75) is 58.0 Å². The maximum atomic E-state index is 15.1. The fourth-order valence-corrected chi connectivity index (χ4v) is 6.80. The highest BCUT2D eigenvalue weighted by atomic mass is 35.5. The van der Waals surface area contributed by atoms with Gasteiger partial charge in [-0.15, -0.1) is 0 Å². The Labute approximate surface area is 299 Å². The number of aromatic nitrogens is 1. The third-order valence-electron chi connectivity index (χ3n) is 9.56. The molecular weight excluding hydrogens is 663 g/mol. The molecule has 0 saturated carbocycles. The summed E-state index contributed by atoms with van der Waals surface area (Å²) in [5, 5.41) is 12.9. The van der Waals surface area contributed by atoms with E-state index in [2.05, 4.69) is 26.1 Å². The number of carbonyl (C=O) groups excluding carboxylic acids is 2.